The highest BCUT2D eigenvalue weighted by Crippen LogP contribution is 2.31. The molecule has 1 rings (SSSR count). The van der Waals surface area contributed by atoms with E-state index >= 15 is 0 Å². The van der Waals surface area contributed by atoms with E-state index in [1.165, 1.54) is 18.2 Å². The summed E-state index contributed by atoms with van der Waals surface area (Å²) in [7, 11) is 0. The number of carbonyl (C=O) groups excluding carboxylic acids is 1. The Morgan fingerprint density at radius 3 is 2.53 bits per heavy atom. The van der Waals surface area contributed by atoms with Crippen LogP contribution in [-0.4, -0.2) is 23.5 Å². The van der Waals surface area contributed by atoms with Gasteiger partial charge in [-0.1, -0.05) is 26.0 Å². The Labute approximate surface area is 114 Å². The van der Waals surface area contributed by atoms with Crippen LogP contribution >= 0.6 is 11.8 Å². The second-order valence-electron chi connectivity index (χ2n) is 4.22. The van der Waals surface area contributed by atoms with Gasteiger partial charge in [0, 0.05) is 12.3 Å². The van der Waals surface area contributed by atoms with Crippen molar-refractivity contribution in [2.24, 2.45) is 0 Å². The summed E-state index contributed by atoms with van der Waals surface area (Å²) in [5, 5.41) is 2.94. The molecule has 0 fully saturated rings. The highest BCUT2D eigenvalue weighted by molar-refractivity contribution is 7.99. The van der Waals surface area contributed by atoms with Crippen molar-refractivity contribution in [1.29, 1.82) is 0 Å². The number of amides is 1. The summed E-state index contributed by atoms with van der Waals surface area (Å²) in [6, 6.07) is 4.80. The largest absolute Gasteiger partial charge is 0.417 e. The molecule has 1 aromatic rings. The third-order valence-corrected chi connectivity index (χ3v) is 3.42. The van der Waals surface area contributed by atoms with Crippen molar-refractivity contribution in [3.05, 3.63) is 35.4 Å². The predicted octanol–water partition coefficient (Wildman–Crippen LogP) is 3.58. The molecule has 19 heavy (non-hydrogen) atoms. The van der Waals surface area contributed by atoms with Crippen LogP contribution in [0.15, 0.2) is 24.3 Å². The van der Waals surface area contributed by atoms with Crippen LogP contribution in [0.1, 0.15) is 29.8 Å². The van der Waals surface area contributed by atoms with Crippen LogP contribution in [0.3, 0.4) is 0 Å². The monoisotopic (exact) mass is 291 g/mol. The zero-order valence-corrected chi connectivity index (χ0v) is 11.6. The number of benzene rings is 1. The molecular weight excluding hydrogens is 275 g/mol. The smallest absolute Gasteiger partial charge is 0.351 e. The third kappa shape index (κ3) is 5.14. The molecule has 1 aromatic carbocycles. The van der Waals surface area contributed by atoms with Gasteiger partial charge < -0.3 is 5.32 Å². The van der Waals surface area contributed by atoms with Crippen molar-refractivity contribution in [2.45, 2.75) is 25.3 Å². The fourth-order valence-corrected chi connectivity index (χ4v) is 2.17. The molecule has 0 saturated heterocycles. The van der Waals surface area contributed by atoms with Gasteiger partial charge in [-0.05, 0) is 17.4 Å². The average molecular weight is 291 g/mol. The first-order valence-corrected chi connectivity index (χ1v) is 6.93. The van der Waals surface area contributed by atoms with Crippen molar-refractivity contribution < 1.29 is 18.0 Å². The Morgan fingerprint density at radius 2 is 1.95 bits per heavy atom. The van der Waals surface area contributed by atoms with E-state index in [1.807, 2.05) is 13.8 Å². The first kappa shape index (κ1) is 15.9. The van der Waals surface area contributed by atoms with Crippen LogP contribution in [0.4, 0.5) is 13.2 Å². The summed E-state index contributed by atoms with van der Waals surface area (Å²) in [6.07, 6.45) is -4.51. The second-order valence-corrected chi connectivity index (χ2v) is 5.90. The standard InChI is InChI=1S/C13H16F3NOS/c1-9(2)19-8-7-17-12(18)10-5-3-4-6-11(10)13(14,15)16/h3-6,9H,7-8H2,1-2H3,(H,17,18). The highest BCUT2D eigenvalue weighted by Gasteiger charge is 2.34. The van der Waals surface area contributed by atoms with Gasteiger partial charge in [0.15, 0.2) is 0 Å². The predicted molar refractivity (Wildman–Crippen MR) is 71.4 cm³/mol. The third-order valence-electron chi connectivity index (χ3n) is 2.32. The maximum Gasteiger partial charge on any atom is 0.417 e. The second kappa shape index (κ2) is 6.84. The number of hydrogen-bond acceptors (Lipinski definition) is 2. The van der Waals surface area contributed by atoms with E-state index < -0.39 is 17.6 Å². The molecule has 1 N–H and O–H groups in total. The van der Waals surface area contributed by atoms with Gasteiger partial charge >= 0.3 is 6.18 Å². The lowest BCUT2D eigenvalue weighted by molar-refractivity contribution is -0.137. The van der Waals surface area contributed by atoms with Crippen molar-refractivity contribution in [1.82, 2.24) is 5.32 Å². The molecule has 0 radical (unpaired) electrons. The van der Waals surface area contributed by atoms with E-state index in [0.717, 1.165) is 6.07 Å². The lowest BCUT2D eigenvalue weighted by Gasteiger charge is -2.12. The molecule has 0 aromatic heterocycles. The van der Waals surface area contributed by atoms with Crippen LogP contribution in [0.5, 0.6) is 0 Å². The number of carbonyl (C=O) groups is 1. The molecule has 0 aliphatic carbocycles. The molecule has 0 aliphatic rings. The van der Waals surface area contributed by atoms with Crippen LogP contribution in [0.2, 0.25) is 0 Å². The summed E-state index contributed by atoms with van der Waals surface area (Å²) in [5.74, 6) is -0.00491. The molecular formula is C13H16F3NOS. The van der Waals surface area contributed by atoms with Crippen molar-refractivity contribution in [3.8, 4) is 0 Å². The summed E-state index contributed by atoms with van der Waals surface area (Å²) in [5.41, 5.74) is -1.23. The first-order chi connectivity index (χ1) is 8.82. The molecule has 0 bridgehead atoms. The Bertz CT molecular complexity index is 432. The lowest BCUT2D eigenvalue weighted by Crippen LogP contribution is -2.28. The van der Waals surface area contributed by atoms with Crippen molar-refractivity contribution in [2.75, 3.05) is 12.3 Å². The molecule has 1 amide bonds. The Morgan fingerprint density at radius 1 is 1.32 bits per heavy atom. The molecule has 2 nitrogen and oxygen atoms in total. The fourth-order valence-electron chi connectivity index (χ4n) is 1.48. The minimum atomic E-state index is -4.51. The average Bonchev–Trinajstić information content (AvgIpc) is 2.33. The van der Waals surface area contributed by atoms with E-state index in [-0.39, 0.29) is 5.56 Å². The van der Waals surface area contributed by atoms with Crippen LogP contribution in [0, 0.1) is 0 Å². The van der Waals surface area contributed by atoms with Gasteiger partial charge in [-0.25, -0.2) is 0 Å². The quantitative estimate of drug-likeness (QED) is 0.840. The zero-order chi connectivity index (χ0) is 14.5. The fraction of sp³-hybridized carbons (Fsp3) is 0.462. The Kier molecular flexibility index (Phi) is 5.72. The van der Waals surface area contributed by atoms with Crippen LogP contribution < -0.4 is 5.32 Å². The first-order valence-electron chi connectivity index (χ1n) is 5.88. The number of thioether (sulfide) groups is 1. The van der Waals surface area contributed by atoms with Gasteiger partial charge in [0.05, 0.1) is 11.1 Å². The van der Waals surface area contributed by atoms with E-state index in [9.17, 15) is 18.0 Å². The molecule has 0 atom stereocenters. The maximum absolute atomic E-state index is 12.7. The molecule has 106 valence electrons. The topological polar surface area (TPSA) is 29.1 Å². The number of rotatable bonds is 5. The van der Waals surface area contributed by atoms with Crippen LogP contribution in [-0.2, 0) is 6.18 Å². The summed E-state index contributed by atoms with van der Waals surface area (Å²) in [6.45, 7) is 4.39. The Balaban J connectivity index is 2.67. The van der Waals surface area contributed by atoms with Gasteiger partial charge in [-0.3, -0.25) is 4.79 Å². The minimum Gasteiger partial charge on any atom is -0.351 e. The van der Waals surface area contributed by atoms with Crippen LogP contribution in [0.25, 0.3) is 0 Å². The number of halogens is 3. The number of alkyl halides is 3. The number of nitrogens with one attached hydrogen (secondary N) is 1. The molecule has 0 saturated carbocycles. The zero-order valence-electron chi connectivity index (χ0n) is 10.8. The number of hydrogen-bond donors (Lipinski definition) is 1. The maximum atomic E-state index is 12.7. The SMILES string of the molecule is CC(C)SCCNC(=O)c1ccccc1C(F)(F)F. The van der Waals surface area contributed by atoms with Gasteiger partial charge in [0.1, 0.15) is 0 Å². The molecule has 6 heteroatoms. The summed E-state index contributed by atoms with van der Waals surface area (Å²) >= 11 is 1.64. The molecule has 0 aliphatic heterocycles. The minimum absolute atomic E-state index is 0.329. The lowest BCUT2D eigenvalue weighted by atomic mass is 10.1. The molecule has 0 spiro atoms. The van der Waals surface area contributed by atoms with Gasteiger partial charge in [-0.2, -0.15) is 24.9 Å². The van der Waals surface area contributed by atoms with Crippen molar-refractivity contribution in [3.63, 3.8) is 0 Å². The van der Waals surface area contributed by atoms with Crippen molar-refractivity contribution >= 4 is 17.7 Å². The van der Waals surface area contributed by atoms with E-state index in [1.54, 1.807) is 11.8 Å². The van der Waals surface area contributed by atoms with Gasteiger partial charge in [0.2, 0.25) is 0 Å². The van der Waals surface area contributed by atoms with Gasteiger partial charge in [-0.15, -0.1) is 0 Å². The summed E-state index contributed by atoms with van der Waals surface area (Å²) < 4.78 is 38.2. The highest BCUT2D eigenvalue weighted by atomic mass is 32.2. The summed E-state index contributed by atoms with van der Waals surface area (Å²) in [4.78, 5) is 11.7. The normalized spacial score (nSPS) is 11.7. The Hall–Kier alpha value is -1.17. The van der Waals surface area contributed by atoms with E-state index in [4.69, 9.17) is 0 Å². The van der Waals surface area contributed by atoms with E-state index in [2.05, 4.69) is 5.32 Å². The molecule has 0 heterocycles. The molecule has 0 unspecified atom stereocenters. The van der Waals surface area contributed by atoms with E-state index in [0.29, 0.717) is 17.5 Å². The van der Waals surface area contributed by atoms with Gasteiger partial charge in [0.25, 0.3) is 5.91 Å².